The van der Waals surface area contributed by atoms with E-state index >= 15 is 0 Å². The van der Waals surface area contributed by atoms with Crippen LogP contribution < -0.4 is 9.80 Å². The molecule has 0 atom stereocenters. The molecule has 0 saturated carbocycles. The highest BCUT2D eigenvalue weighted by atomic mass is 32.1. The van der Waals surface area contributed by atoms with Crippen molar-refractivity contribution in [1.29, 1.82) is 0 Å². The monoisotopic (exact) mass is 307 g/mol. The summed E-state index contributed by atoms with van der Waals surface area (Å²) in [4.78, 5) is 19.6. The number of nitrogens with zero attached hydrogens (tertiary/aromatic N) is 3. The standard InChI is InChI=1S/C14H14FN3O2S/c15-10-2-1-3-11(12(10)13(19)20)17-5-7-18(8-6-17)14-16-4-9-21-14/h1-4,9H,5-8H2,(H,19,20). The normalized spacial score (nSPS) is 15.3. The molecule has 0 spiro atoms. The number of thiazole rings is 1. The Kier molecular flexibility index (Phi) is 3.74. The van der Waals surface area contributed by atoms with E-state index in [-0.39, 0.29) is 5.56 Å². The SMILES string of the molecule is O=C(O)c1c(F)cccc1N1CCN(c2nccs2)CC1. The second kappa shape index (κ2) is 5.69. The summed E-state index contributed by atoms with van der Waals surface area (Å²) in [5.74, 6) is -1.92. The minimum absolute atomic E-state index is 0.250. The van der Waals surface area contributed by atoms with E-state index in [0.29, 0.717) is 18.8 Å². The molecule has 21 heavy (non-hydrogen) atoms. The van der Waals surface area contributed by atoms with Gasteiger partial charge in [-0.25, -0.2) is 14.2 Å². The van der Waals surface area contributed by atoms with E-state index in [1.807, 2.05) is 10.3 Å². The molecule has 3 rings (SSSR count). The summed E-state index contributed by atoms with van der Waals surface area (Å²) in [6.07, 6.45) is 1.77. The van der Waals surface area contributed by atoms with Crippen LogP contribution in [0.1, 0.15) is 10.4 Å². The number of anilines is 2. The number of aromatic carboxylic acids is 1. The average Bonchev–Trinajstić information content (AvgIpc) is 3.01. The molecule has 7 heteroatoms. The Labute approximate surface area is 125 Å². The van der Waals surface area contributed by atoms with Crippen molar-refractivity contribution >= 4 is 28.1 Å². The molecule has 1 aromatic heterocycles. The van der Waals surface area contributed by atoms with Gasteiger partial charge in [-0.1, -0.05) is 6.07 Å². The molecule has 1 fully saturated rings. The highest BCUT2D eigenvalue weighted by Gasteiger charge is 2.24. The van der Waals surface area contributed by atoms with E-state index in [2.05, 4.69) is 9.88 Å². The molecule has 0 unspecified atom stereocenters. The van der Waals surface area contributed by atoms with Crippen LogP contribution in [0, 0.1) is 5.82 Å². The molecule has 2 heterocycles. The van der Waals surface area contributed by atoms with Gasteiger partial charge in [-0.3, -0.25) is 0 Å². The summed E-state index contributed by atoms with van der Waals surface area (Å²) in [7, 11) is 0. The first-order valence-corrected chi connectivity index (χ1v) is 7.46. The van der Waals surface area contributed by atoms with Crippen LogP contribution in [0.25, 0.3) is 0 Å². The predicted octanol–water partition coefficient (Wildman–Crippen LogP) is 2.31. The van der Waals surface area contributed by atoms with Crippen molar-refractivity contribution in [2.24, 2.45) is 0 Å². The Morgan fingerprint density at radius 2 is 1.95 bits per heavy atom. The molecule has 0 amide bonds. The number of carbonyl (C=O) groups is 1. The van der Waals surface area contributed by atoms with Crippen molar-refractivity contribution < 1.29 is 14.3 Å². The molecule has 1 aliphatic heterocycles. The predicted molar refractivity (Wildman–Crippen MR) is 79.9 cm³/mol. The van der Waals surface area contributed by atoms with E-state index in [1.54, 1.807) is 29.7 Å². The van der Waals surface area contributed by atoms with Gasteiger partial charge in [0.1, 0.15) is 11.4 Å². The second-order valence-corrected chi connectivity index (χ2v) is 5.60. The lowest BCUT2D eigenvalue weighted by atomic mass is 10.1. The average molecular weight is 307 g/mol. The fraction of sp³-hybridized carbons (Fsp3) is 0.286. The Morgan fingerprint density at radius 3 is 2.57 bits per heavy atom. The van der Waals surface area contributed by atoms with Gasteiger partial charge < -0.3 is 14.9 Å². The zero-order valence-electron chi connectivity index (χ0n) is 11.2. The summed E-state index contributed by atoms with van der Waals surface area (Å²) >= 11 is 1.58. The fourth-order valence-corrected chi connectivity index (χ4v) is 3.20. The van der Waals surface area contributed by atoms with Crippen molar-refractivity contribution in [3.8, 4) is 0 Å². The lowest BCUT2D eigenvalue weighted by Crippen LogP contribution is -2.47. The number of benzene rings is 1. The Bertz CT molecular complexity index is 640. The highest BCUT2D eigenvalue weighted by Crippen LogP contribution is 2.26. The molecular formula is C14H14FN3O2S. The third-order valence-electron chi connectivity index (χ3n) is 3.52. The molecule has 2 aromatic rings. The van der Waals surface area contributed by atoms with Crippen molar-refractivity contribution in [1.82, 2.24) is 4.98 Å². The minimum atomic E-state index is -1.23. The molecular weight excluding hydrogens is 293 g/mol. The number of hydrogen-bond acceptors (Lipinski definition) is 5. The van der Waals surface area contributed by atoms with Gasteiger partial charge in [0.05, 0.1) is 5.69 Å². The van der Waals surface area contributed by atoms with Gasteiger partial charge >= 0.3 is 5.97 Å². The number of hydrogen-bond donors (Lipinski definition) is 1. The lowest BCUT2D eigenvalue weighted by Gasteiger charge is -2.36. The van der Waals surface area contributed by atoms with Gasteiger partial charge in [0.15, 0.2) is 5.13 Å². The van der Waals surface area contributed by atoms with E-state index in [4.69, 9.17) is 0 Å². The van der Waals surface area contributed by atoms with Crippen LogP contribution in [0.4, 0.5) is 15.2 Å². The quantitative estimate of drug-likeness (QED) is 0.943. The van der Waals surface area contributed by atoms with Crippen LogP contribution >= 0.6 is 11.3 Å². The molecule has 1 N–H and O–H groups in total. The molecule has 1 saturated heterocycles. The third-order valence-corrected chi connectivity index (χ3v) is 4.35. The number of rotatable bonds is 3. The number of carboxylic acid groups (broad SMARTS) is 1. The smallest absolute Gasteiger partial charge is 0.340 e. The molecule has 5 nitrogen and oxygen atoms in total. The van der Waals surface area contributed by atoms with Crippen molar-refractivity contribution in [3.05, 3.63) is 41.2 Å². The van der Waals surface area contributed by atoms with Crippen LogP contribution in [-0.2, 0) is 0 Å². The van der Waals surface area contributed by atoms with Crippen molar-refractivity contribution in [3.63, 3.8) is 0 Å². The first kappa shape index (κ1) is 13.8. The summed E-state index contributed by atoms with van der Waals surface area (Å²) in [6.45, 7) is 2.76. The van der Waals surface area contributed by atoms with Gasteiger partial charge in [0.2, 0.25) is 0 Å². The molecule has 110 valence electrons. The van der Waals surface area contributed by atoms with Crippen LogP contribution in [0.15, 0.2) is 29.8 Å². The number of piperazine rings is 1. The van der Waals surface area contributed by atoms with Gasteiger partial charge in [0, 0.05) is 37.8 Å². The van der Waals surface area contributed by atoms with E-state index < -0.39 is 11.8 Å². The summed E-state index contributed by atoms with van der Waals surface area (Å²) in [5, 5.41) is 12.1. The Hall–Kier alpha value is -2.15. The van der Waals surface area contributed by atoms with Crippen LogP contribution in [0.3, 0.4) is 0 Å². The maximum atomic E-state index is 13.7. The molecule has 0 aliphatic carbocycles. The van der Waals surface area contributed by atoms with Gasteiger partial charge in [-0.15, -0.1) is 11.3 Å². The van der Waals surface area contributed by atoms with Gasteiger partial charge in [0.25, 0.3) is 0 Å². The number of carboxylic acids is 1. The topological polar surface area (TPSA) is 56.7 Å². The van der Waals surface area contributed by atoms with E-state index in [1.165, 1.54) is 6.07 Å². The zero-order chi connectivity index (χ0) is 14.8. The maximum Gasteiger partial charge on any atom is 0.340 e. The summed E-state index contributed by atoms with van der Waals surface area (Å²) in [6, 6.07) is 4.38. The molecule has 0 bridgehead atoms. The van der Waals surface area contributed by atoms with E-state index in [0.717, 1.165) is 18.2 Å². The Balaban J connectivity index is 1.78. The van der Waals surface area contributed by atoms with Crippen LogP contribution in [0.5, 0.6) is 0 Å². The third kappa shape index (κ3) is 2.69. The zero-order valence-corrected chi connectivity index (χ0v) is 12.0. The van der Waals surface area contributed by atoms with Crippen LogP contribution in [0.2, 0.25) is 0 Å². The largest absolute Gasteiger partial charge is 0.478 e. The Morgan fingerprint density at radius 1 is 1.24 bits per heavy atom. The van der Waals surface area contributed by atoms with Crippen molar-refractivity contribution in [2.45, 2.75) is 0 Å². The number of aromatic nitrogens is 1. The van der Waals surface area contributed by atoms with Crippen LogP contribution in [-0.4, -0.2) is 42.2 Å². The molecule has 1 aromatic carbocycles. The first-order valence-electron chi connectivity index (χ1n) is 6.58. The maximum absolute atomic E-state index is 13.7. The molecule has 0 radical (unpaired) electrons. The van der Waals surface area contributed by atoms with Gasteiger partial charge in [-0.2, -0.15) is 0 Å². The number of halogens is 1. The summed E-state index contributed by atoms with van der Waals surface area (Å²) < 4.78 is 13.7. The first-order chi connectivity index (χ1) is 10.2. The van der Waals surface area contributed by atoms with Crippen molar-refractivity contribution in [2.75, 3.05) is 36.0 Å². The van der Waals surface area contributed by atoms with E-state index in [9.17, 15) is 14.3 Å². The lowest BCUT2D eigenvalue weighted by molar-refractivity contribution is 0.0692. The molecule has 1 aliphatic rings. The van der Waals surface area contributed by atoms with Gasteiger partial charge in [-0.05, 0) is 12.1 Å². The second-order valence-electron chi connectivity index (χ2n) is 4.73. The fourth-order valence-electron chi connectivity index (χ4n) is 2.50. The summed E-state index contributed by atoms with van der Waals surface area (Å²) in [5.41, 5.74) is 0.196. The highest BCUT2D eigenvalue weighted by molar-refractivity contribution is 7.13. The minimum Gasteiger partial charge on any atom is -0.478 e.